The first kappa shape index (κ1) is 148. The molecule has 0 saturated carbocycles. The molecule has 0 spiro atoms. The van der Waals surface area contributed by atoms with Gasteiger partial charge in [0.1, 0.15) is 0 Å². The van der Waals surface area contributed by atoms with E-state index in [9.17, 15) is 13.2 Å². The van der Waals surface area contributed by atoms with Crippen molar-refractivity contribution in [3.05, 3.63) is 0 Å². The first-order valence-electron chi connectivity index (χ1n) is 1.24. The van der Waals surface area contributed by atoms with Gasteiger partial charge in [0.2, 0.25) is 0 Å². The highest BCUT2D eigenvalue weighted by Gasteiger charge is 2.38. The van der Waals surface area contributed by atoms with E-state index in [2.05, 4.69) is 0 Å². The molecule has 21 N–H and O–H groups in total. The van der Waals surface area contributed by atoms with Crippen LogP contribution in [0.25, 0.3) is 0 Å². The van der Waals surface area contributed by atoms with Crippen LogP contribution in [0.3, 0.4) is 0 Å². The smallest absolute Gasteiger partial charge is 0.475 e. The minimum atomic E-state index is -5.08. The van der Waals surface area contributed by atoms with Gasteiger partial charge in [0.15, 0.2) is 0 Å². The van der Waals surface area contributed by atoms with Crippen LogP contribution in [-0.4, -0.2) is 72.0 Å². The van der Waals surface area contributed by atoms with Gasteiger partial charge in [-0.25, -0.2) is 4.79 Å². The number of carboxylic acid groups (broad SMARTS) is 1. The molecule has 0 rings (SSSR count). The Hall–Kier alpha value is -1.14. The van der Waals surface area contributed by atoms with Gasteiger partial charge in [-0.3, -0.25) is 0 Å². The van der Waals surface area contributed by atoms with Crippen molar-refractivity contribution in [2.75, 3.05) is 0 Å². The molecular weight excluding hydrogens is 273 g/mol. The van der Waals surface area contributed by atoms with Gasteiger partial charge in [-0.15, -0.1) is 0 Å². The predicted octanol–water partition coefficient (Wildman–Crippen LogP) is -7.61. The van der Waals surface area contributed by atoms with E-state index in [1.54, 1.807) is 0 Å². The summed E-state index contributed by atoms with van der Waals surface area (Å²) < 4.78 is 31.7. The molecule has 122 valence electrons. The molecule has 0 aliphatic rings. The van der Waals surface area contributed by atoms with Crippen molar-refractivity contribution in [1.82, 2.24) is 0 Å². The fourth-order valence-corrected chi connectivity index (χ4v) is 0. The number of aliphatic carboxylic acids is 1. The lowest BCUT2D eigenvalue weighted by atomic mass is 10.7. The molecule has 0 aromatic carbocycles. The van der Waals surface area contributed by atoms with E-state index in [1.165, 1.54) is 0 Å². The lowest BCUT2D eigenvalue weighted by Gasteiger charge is -1.93. The van der Waals surface area contributed by atoms with Gasteiger partial charge in [0, 0.05) is 0 Å². The van der Waals surface area contributed by atoms with Crippen molar-refractivity contribution in [1.29, 1.82) is 0 Å². The van der Waals surface area contributed by atoms with Crippen molar-refractivity contribution in [2.45, 2.75) is 6.18 Å². The Morgan fingerprint density at radius 3 is 0.706 bits per heavy atom. The number of carboxylic acids is 1. The Bertz CT molecular complexity index is 92.2. The standard InChI is InChI=1S/C2HF3O2.10H2O/c3-2(4,5)1(6)7;;;;;;;;;;/h(H,6,7);10*1H2. The van der Waals surface area contributed by atoms with Gasteiger partial charge < -0.3 is 59.9 Å². The van der Waals surface area contributed by atoms with E-state index in [-0.39, 0.29) is 54.8 Å². The highest BCUT2D eigenvalue weighted by Crippen LogP contribution is 2.13. The molecule has 0 aliphatic heterocycles. The predicted molar refractivity (Wildman–Crippen MR) is 49.8 cm³/mol. The van der Waals surface area contributed by atoms with Gasteiger partial charge in [0.05, 0.1) is 0 Å². The number of halogens is 3. The fraction of sp³-hybridized carbons (Fsp3) is 0.500. The van der Waals surface area contributed by atoms with Crippen LogP contribution in [0, 0.1) is 0 Å². The number of alkyl halides is 3. The van der Waals surface area contributed by atoms with Crippen LogP contribution >= 0.6 is 0 Å². The molecule has 0 aromatic rings. The summed E-state index contributed by atoms with van der Waals surface area (Å²) in [5, 5.41) is 7.12. The van der Waals surface area contributed by atoms with Gasteiger partial charge >= 0.3 is 12.1 Å². The molecule has 17 heavy (non-hydrogen) atoms. The summed E-state index contributed by atoms with van der Waals surface area (Å²) in [6, 6.07) is 0. The molecule has 12 nitrogen and oxygen atoms in total. The average Bonchev–Trinajstić information content (AvgIpc) is 1.31. The zero-order valence-electron chi connectivity index (χ0n) is 7.99. The van der Waals surface area contributed by atoms with E-state index in [0.29, 0.717) is 0 Å². The van der Waals surface area contributed by atoms with Crippen LogP contribution in [0.15, 0.2) is 0 Å². The average molecular weight is 294 g/mol. The highest BCUT2D eigenvalue weighted by molar-refractivity contribution is 5.73. The zero-order valence-corrected chi connectivity index (χ0v) is 7.99. The van der Waals surface area contributed by atoms with E-state index in [1.807, 2.05) is 0 Å². The van der Waals surface area contributed by atoms with Crippen LogP contribution in [0.5, 0.6) is 0 Å². The minimum Gasteiger partial charge on any atom is -0.475 e. The van der Waals surface area contributed by atoms with Crippen LogP contribution in [0.4, 0.5) is 13.2 Å². The lowest BCUT2D eigenvalue weighted by Crippen LogP contribution is -2.21. The van der Waals surface area contributed by atoms with Crippen LogP contribution in [0.1, 0.15) is 0 Å². The largest absolute Gasteiger partial charge is 0.490 e. The molecular formula is C2H21F3O12. The quantitative estimate of drug-likeness (QED) is 0.454. The van der Waals surface area contributed by atoms with Crippen LogP contribution < -0.4 is 0 Å². The maximum absolute atomic E-state index is 10.6. The van der Waals surface area contributed by atoms with Crippen molar-refractivity contribution in [3.8, 4) is 0 Å². The Labute approximate surface area is 91.4 Å². The number of rotatable bonds is 0. The molecule has 0 atom stereocenters. The van der Waals surface area contributed by atoms with Gasteiger partial charge in [-0.2, -0.15) is 13.2 Å². The molecule has 0 amide bonds. The molecule has 0 aromatic heterocycles. The second-order valence-electron chi connectivity index (χ2n) is 0.803. The summed E-state index contributed by atoms with van der Waals surface area (Å²) >= 11 is 0. The maximum Gasteiger partial charge on any atom is 0.490 e. The molecule has 0 radical (unpaired) electrons. The van der Waals surface area contributed by atoms with Gasteiger partial charge in [-0.05, 0) is 0 Å². The second kappa shape index (κ2) is 46.2. The van der Waals surface area contributed by atoms with E-state index >= 15 is 0 Å². The minimum absolute atomic E-state index is 0. The van der Waals surface area contributed by atoms with Gasteiger partial charge in [0.25, 0.3) is 0 Å². The molecule has 0 fully saturated rings. The summed E-state index contributed by atoms with van der Waals surface area (Å²) in [6.45, 7) is 0. The second-order valence-corrected chi connectivity index (χ2v) is 0.803. The van der Waals surface area contributed by atoms with Crippen molar-refractivity contribution in [2.24, 2.45) is 0 Å². The number of hydrogen-bond donors (Lipinski definition) is 1. The first-order valence-corrected chi connectivity index (χ1v) is 1.24. The topological polar surface area (TPSA) is 352 Å². The SMILES string of the molecule is O.O.O.O.O.O.O.O.O.O.O=C(O)C(F)(F)F. The zero-order chi connectivity index (χ0) is 6.08. The monoisotopic (exact) mass is 294 g/mol. The summed E-state index contributed by atoms with van der Waals surface area (Å²) in [5.41, 5.74) is 0. The van der Waals surface area contributed by atoms with E-state index < -0.39 is 12.1 Å². The Kier molecular flexibility index (Phi) is 403. The van der Waals surface area contributed by atoms with Crippen molar-refractivity contribution in [3.63, 3.8) is 0 Å². The number of carbonyl (C=O) groups is 1. The third-order valence-corrected chi connectivity index (χ3v) is 0.243. The molecule has 0 bridgehead atoms. The Morgan fingerprint density at radius 2 is 0.706 bits per heavy atom. The molecule has 0 saturated heterocycles. The summed E-state index contributed by atoms with van der Waals surface area (Å²) in [6.07, 6.45) is -5.08. The fourth-order valence-electron chi connectivity index (χ4n) is 0. The van der Waals surface area contributed by atoms with Crippen LogP contribution in [0.2, 0.25) is 0 Å². The van der Waals surface area contributed by atoms with Crippen LogP contribution in [-0.2, 0) is 4.79 Å². The van der Waals surface area contributed by atoms with E-state index in [4.69, 9.17) is 9.90 Å². The summed E-state index contributed by atoms with van der Waals surface area (Å²) in [7, 11) is 0. The molecule has 0 aliphatic carbocycles. The lowest BCUT2D eigenvalue weighted by molar-refractivity contribution is -0.192. The highest BCUT2D eigenvalue weighted by atomic mass is 19.4. The summed E-state index contributed by atoms with van der Waals surface area (Å²) in [5.74, 6) is -2.76. The molecule has 15 heteroatoms. The Morgan fingerprint density at radius 1 is 0.647 bits per heavy atom. The maximum atomic E-state index is 10.6. The normalized spacial score (nSPS) is 4.65. The van der Waals surface area contributed by atoms with E-state index in [0.717, 1.165) is 0 Å². The third-order valence-electron chi connectivity index (χ3n) is 0.243. The molecule has 0 unspecified atom stereocenters. The van der Waals surface area contributed by atoms with Gasteiger partial charge in [-0.1, -0.05) is 0 Å². The molecule has 0 heterocycles. The first-order chi connectivity index (χ1) is 2.94. The summed E-state index contributed by atoms with van der Waals surface area (Å²) in [4.78, 5) is 8.90. The van der Waals surface area contributed by atoms with Crippen molar-refractivity contribution >= 4 is 5.97 Å². The van der Waals surface area contributed by atoms with Crippen molar-refractivity contribution < 1.29 is 77.8 Å². The number of hydrogen-bond acceptors (Lipinski definition) is 1. The Balaban J connectivity index is -0.00000000400. The third kappa shape index (κ3) is 104.